The molecule has 2 unspecified atom stereocenters. The molecule has 2 N–H and O–H groups in total. The molecule has 2 nitrogen and oxygen atoms in total. The van der Waals surface area contributed by atoms with Crippen LogP contribution in [0.2, 0.25) is 0 Å². The molecule has 0 aliphatic carbocycles. The monoisotopic (exact) mass is 173 g/mol. The maximum absolute atomic E-state index is 9.04. The fourth-order valence-electron chi connectivity index (χ4n) is 1.33. The predicted octanol–water partition coefficient (Wildman–Crippen LogP) is 1.78. The van der Waals surface area contributed by atoms with E-state index in [2.05, 4.69) is 26.1 Å². The molecule has 2 heteroatoms. The summed E-state index contributed by atoms with van der Waals surface area (Å²) in [5.41, 5.74) is 0. The summed E-state index contributed by atoms with van der Waals surface area (Å²) in [5.74, 6) is 0.684. The topological polar surface area (TPSA) is 32.3 Å². The minimum Gasteiger partial charge on any atom is -0.393 e. The first kappa shape index (κ1) is 11.9. The van der Waals surface area contributed by atoms with Crippen LogP contribution >= 0.6 is 0 Å². The van der Waals surface area contributed by atoms with Crippen LogP contribution in [0.1, 0.15) is 40.5 Å². The standard InChI is InChI=1S/C10H23NO/c1-5-10(8(2)3)11-7-6-9(4)12/h8-12H,5-7H2,1-4H3. The second-order valence-corrected chi connectivity index (χ2v) is 3.85. The SMILES string of the molecule is CCC(NCCC(C)O)C(C)C. The van der Waals surface area contributed by atoms with Gasteiger partial charge in [0.05, 0.1) is 6.10 Å². The van der Waals surface area contributed by atoms with Crippen molar-refractivity contribution >= 4 is 0 Å². The molecule has 0 aliphatic rings. The lowest BCUT2D eigenvalue weighted by atomic mass is 10.0. The first-order valence-corrected chi connectivity index (χ1v) is 4.99. The lowest BCUT2D eigenvalue weighted by Crippen LogP contribution is -2.34. The average molecular weight is 173 g/mol. The smallest absolute Gasteiger partial charge is 0.0524 e. The molecule has 0 radical (unpaired) electrons. The Morgan fingerprint density at radius 2 is 1.83 bits per heavy atom. The van der Waals surface area contributed by atoms with E-state index in [4.69, 9.17) is 5.11 Å². The number of nitrogens with one attached hydrogen (secondary N) is 1. The molecule has 0 heterocycles. The average Bonchev–Trinajstić information content (AvgIpc) is 1.96. The summed E-state index contributed by atoms with van der Waals surface area (Å²) in [6, 6.07) is 0.601. The summed E-state index contributed by atoms with van der Waals surface area (Å²) in [6.07, 6.45) is 1.84. The third kappa shape index (κ3) is 5.56. The quantitative estimate of drug-likeness (QED) is 0.641. The minimum atomic E-state index is -0.179. The van der Waals surface area contributed by atoms with Crippen LogP contribution < -0.4 is 5.32 Å². The van der Waals surface area contributed by atoms with Gasteiger partial charge in [0.25, 0.3) is 0 Å². The van der Waals surface area contributed by atoms with Gasteiger partial charge in [0, 0.05) is 6.04 Å². The minimum absolute atomic E-state index is 0.179. The Morgan fingerprint density at radius 1 is 1.25 bits per heavy atom. The summed E-state index contributed by atoms with van der Waals surface area (Å²) in [7, 11) is 0. The molecule has 0 aromatic carbocycles. The summed E-state index contributed by atoms with van der Waals surface area (Å²) in [6.45, 7) is 9.40. The fraction of sp³-hybridized carbons (Fsp3) is 1.00. The summed E-state index contributed by atoms with van der Waals surface area (Å²) < 4.78 is 0. The van der Waals surface area contributed by atoms with Crippen LogP contribution in [0.5, 0.6) is 0 Å². The Kier molecular flexibility index (Phi) is 6.39. The van der Waals surface area contributed by atoms with Crippen LogP contribution in [-0.4, -0.2) is 23.8 Å². The Hall–Kier alpha value is -0.0800. The maximum atomic E-state index is 9.04. The van der Waals surface area contributed by atoms with Gasteiger partial charge in [0.2, 0.25) is 0 Å². The van der Waals surface area contributed by atoms with Crippen molar-refractivity contribution in [1.82, 2.24) is 5.32 Å². The second-order valence-electron chi connectivity index (χ2n) is 3.85. The summed E-state index contributed by atoms with van der Waals surface area (Å²) in [5, 5.41) is 12.5. The van der Waals surface area contributed by atoms with Crippen molar-refractivity contribution in [1.29, 1.82) is 0 Å². The molecule has 0 aromatic heterocycles. The highest BCUT2D eigenvalue weighted by Crippen LogP contribution is 2.05. The predicted molar refractivity (Wildman–Crippen MR) is 53.2 cm³/mol. The molecule has 74 valence electrons. The molecule has 0 bridgehead atoms. The van der Waals surface area contributed by atoms with Crippen molar-refractivity contribution in [2.45, 2.75) is 52.7 Å². The Balaban J connectivity index is 3.45. The molecular formula is C10H23NO. The van der Waals surface area contributed by atoms with Gasteiger partial charge in [-0.2, -0.15) is 0 Å². The van der Waals surface area contributed by atoms with E-state index in [1.807, 2.05) is 6.92 Å². The summed E-state index contributed by atoms with van der Waals surface area (Å²) >= 11 is 0. The zero-order chi connectivity index (χ0) is 9.56. The van der Waals surface area contributed by atoms with Crippen LogP contribution in [0.25, 0.3) is 0 Å². The van der Waals surface area contributed by atoms with E-state index in [1.54, 1.807) is 0 Å². The van der Waals surface area contributed by atoms with E-state index < -0.39 is 0 Å². The zero-order valence-electron chi connectivity index (χ0n) is 8.80. The second kappa shape index (κ2) is 6.44. The molecule has 2 atom stereocenters. The third-order valence-corrected chi connectivity index (χ3v) is 2.21. The molecule has 0 saturated heterocycles. The maximum Gasteiger partial charge on any atom is 0.0524 e. The first-order chi connectivity index (χ1) is 5.57. The van der Waals surface area contributed by atoms with E-state index in [0.717, 1.165) is 19.4 Å². The van der Waals surface area contributed by atoms with Crippen molar-refractivity contribution in [3.8, 4) is 0 Å². The number of hydrogen-bond donors (Lipinski definition) is 2. The van der Waals surface area contributed by atoms with Gasteiger partial charge in [-0.25, -0.2) is 0 Å². The van der Waals surface area contributed by atoms with Gasteiger partial charge >= 0.3 is 0 Å². The lowest BCUT2D eigenvalue weighted by molar-refractivity contribution is 0.180. The van der Waals surface area contributed by atoms with Crippen LogP contribution in [0.4, 0.5) is 0 Å². The molecule has 0 aromatic rings. The molecule has 0 rings (SSSR count). The van der Waals surface area contributed by atoms with E-state index >= 15 is 0 Å². The van der Waals surface area contributed by atoms with Crippen molar-refractivity contribution in [2.24, 2.45) is 5.92 Å². The number of aliphatic hydroxyl groups excluding tert-OH is 1. The fourth-order valence-corrected chi connectivity index (χ4v) is 1.33. The van der Waals surface area contributed by atoms with E-state index in [9.17, 15) is 0 Å². The van der Waals surface area contributed by atoms with Crippen LogP contribution in [0.3, 0.4) is 0 Å². The van der Waals surface area contributed by atoms with Gasteiger partial charge in [-0.15, -0.1) is 0 Å². The highest BCUT2D eigenvalue weighted by Gasteiger charge is 2.09. The Morgan fingerprint density at radius 3 is 2.17 bits per heavy atom. The first-order valence-electron chi connectivity index (χ1n) is 4.99. The van der Waals surface area contributed by atoms with Gasteiger partial charge in [-0.3, -0.25) is 0 Å². The van der Waals surface area contributed by atoms with Gasteiger partial charge < -0.3 is 10.4 Å². The third-order valence-electron chi connectivity index (χ3n) is 2.21. The molecule has 0 aliphatic heterocycles. The Labute approximate surface area is 76.4 Å². The molecular weight excluding hydrogens is 150 g/mol. The van der Waals surface area contributed by atoms with Gasteiger partial charge in [0.15, 0.2) is 0 Å². The van der Waals surface area contributed by atoms with Crippen molar-refractivity contribution < 1.29 is 5.11 Å². The van der Waals surface area contributed by atoms with Crippen molar-refractivity contribution in [2.75, 3.05) is 6.54 Å². The van der Waals surface area contributed by atoms with Gasteiger partial charge in [-0.05, 0) is 32.2 Å². The molecule has 0 amide bonds. The molecule has 0 fully saturated rings. The van der Waals surface area contributed by atoms with Gasteiger partial charge in [0.1, 0.15) is 0 Å². The van der Waals surface area contributed by atoms with Crippen LogP contribution in [-0.2, 0) is 0 Å². The number of aliphatic hydroxyl groups is 1. The van der Waals surface area contributed by atoms with E-state index in [1.165, 1.54) is 0 Å². The molecule has 0 spiro atoms. The van der Waals surface area contributed by atoms with Crippen LogP contribution in [0, 0.1) is 5.92 Å². The number of hydrogen-bond acceptors (Lipinski definition) is 2. The van der Waals surface area contributed by atoms with Crippen molar-refractivity contribution in [3.05, 3.63) is 0 Å². The van der Waals surface area contributed by atoms with E-state index in [0.29, 0.717) is 12.0 Å². The highest BCUT2D eigenvalue weighted by atomic mass is 16.3. The largest absolute Gasteiger partial charge is 0.393 e. The molecule has 12 heavy (non-hydrogen) atoms. The summed E-state index contributed by atoms with van der Waals surface area (Å²) in [4.78, 5) is 0. The number of rotatable bonds is 6. The van der Waals surface area contributed by atoms with Crippen molar-refractivity contribution in [3.63, 3.8) is 0 Å². The molecule has 0 saturated carbocycles. The Bertz CT molecular complexity index is 102. The zero-order valence-corrected chi connectivity index (χ0v) is 8.80. The van der Waals surface area contributed by atoms with Gasteiger partial charge in [-0.1, -0.05) is 20.8 Å². The van der Waals surface area contributed by atoms with E-state index in [-0.39, 0.29) is 6.10 Å². The normalized spacial score (nSPS) is 16.5. The van der Waals surface area contributed by atoms with Crippen LogP contribution in [0.15, 0.2) is 0 Å². The highest BCUT2D eigenvalue weighted by molar-refractivity contribution is 4.68. The lowest BCUT2D eigenvalue weighted by Gasteiger charge is -2.20.